The minimum absolute atomic E-state index is 0.423. The van der Waals surface area contributed by atoms with Crippen molar-refractivity contribution >= 4 is 0 Å². The topological polar surface area (TPSA) is 24.5 Å². The molecule has 120 valence electrons. The Kier molecular flexibility index (Phi) is 8.74. The molecule has 0 aromatic heterocycles. The molecular weight excluding hydrogens is 248 g/mol. The van der Waals surface area contributed by atoms with E-state index in [1.165, 1.54) is 38.6 Å². The lowest BCUT2D eigenvalue weighted by Crippen LogP contribution is -2.40. The molecule has 1 aliphatic heterocycles. The lowest BCUT2D eigenvalue weighted by molar-refractivity contribution is 0.0144. The molecule has 1 fully saturated rings. The molecule has 0 saturated carbocycles. The molecule has 1 rings (SSSR count). The van der Waals surface area contributed by atoms with Gasteiger partial charge in [-0.05, 0) is 39.2 Å². The van der Waals surface area contributed by atoms with E-state index in [-0.39, 0.29) is 0 Å². The second kappa shape index (κ2) is 9.75. The fourth-order valence-electron chi connectivity index (χ4n) is 2.80. The van der Waals surface area contributed by atoms with Crippen LogP contribution in [0.3, 0.4) is 0 Å². The summed E-state index contributed by atoms with van der Waals surface area (Å²) in [5, 5.41) is 3.49. The van der Waals surface area contributed by atoms with Gasteiger partial charge in [0.2, 0.25) is 0 Å². The molecule has 3 unspecified atom stereocenters. The third-order valence-corrected chi connectivity index (χ3v) is 4.40. The van der Waals surface area contributed by atoms with Gasteiger partial charge in [0.15, 0.2) is 0 Å². The van der Waals surface area contributed by atoms with Gasteiger partial charge in [0.1, 0.15) is 0 Å². The Balaban J connectivity index is 2.34. The standard InChI is InChI=1S/C17H36N2O/c1-6-8-11-19(15(5)7-2)13-17-10-9-16(20-17)12-18-14(3)4/h14-18H,6-13H2,1-5H3. The van der Waals surface area contributed by atoms with Gasteiger partial charge in [-0.2, -0.15) is 0 Å². The Morgan fingerprint density at radius 2 is 1.85 bits per heavy atom. The predicted molar refractivity (Wildman–Crippen MR) is 87.3 cm³/mol. The van der Waals surface area contributed by atoms with Crippen LogP contribution >= 0.6 is 0 Å². The van der Waals surface area contributed by atoms with Gasteiger partial charge in [0, 0.05) is 25.2 Å². The maximum atomic E-state index is 6.21. The van der Waals surface area contributed by atoms with Crippen LogP contribution < -0.4 is 5.32 Å². The summed E-state index contributed by atoms with van der Waals surface area (Å²) in [7, 11) is 0. The third-order valence-electron chi connectivity index (χ3n) is 4.40. The van der Waals surface area contributed by atoms with Gasteiger partial charge >= 0.3 is 0 Å². The summed E-state index contributed by atoms with van der Waals surface area (Å²) in [6, 6.07) is 1.23. The highest BCUT2D eigenvalue weighted by atomic mass is 16.5. The van der Waals surface area contributed by atoms with Gasteiger partial charge in [0.25, 0.3) is 0 Å². The minimum Gasteiger partial charge on any atom is -0.372 e. The normalized spacial score (nSPS) is 24.8. The van der Waals surface area contributed by atoms with E-state index < -0.39 is 0 Å². The smallest absolute Gasteiger partial charge is 0.0707 e. The van der Waals surface area contributed by atoms with Crippen molar-refractivity contribution in [1.82, 2.24) is 10.2 Å². The molecule has 1 N–H and O–H groups in total. The average molecular weight is 284 g/mol. The number of unbranched alkanes of at least 4 members (excludes halogenated alkanes) is 1. The maximum Gasteiger partial charge on any atom is 0.0707 e. The quantitative estimate of drug-likeness (QED) is 0.665. The summed E-state index contributed by atoms with van der Waals surface area (Å²) in [6.45, 7) is 14.6. The van der Waals surface area contributed by atoms with Crippen molar-refractivity contribution in [2.24, 2.45) is 0 Å². The van der Waals surface area contributed by atoms with Crippen LogP contribution in [0.5, 0.6) is 0 Å². The Bertz CT molecular complexity index is 245. The molecule has 0 bridgehead atoms. The van der Waals surface area contributed by atoms with Crippen LogP contribution in [0.4, 0.5) is 0 Å². The Labute approximate surface area is 126 Å². The van der Waals surface area contributed by atoms with Crippen molar-refractivity contribution in [2.45, 2.75) is 91.0 Å². The van der Waals surface area contributed by atoms with Crippen molar-refractivity contribution in [3.05, 3.63) is 0 Å². The van der Waals surface area contributed by atoms with E-state index in [0.29, 0.717) is 24.3 Å². The van der Waals surface area contributed by atoms with E-state index in [4.69, 9.17) is 4.74 Å². The molecule has 0 radical (unpaired) electrons. The molecule has 0 aromatic rings. The van der Waals surface area contributed by atoms with Gasteiger partial charge in [-0.25, -0.2) is 0 Å². The van der Waals surface area contributed by atoms with Crippen LogP contribution in [-0.4, -0.2) is 48.8 Å². The monoisotopic (exact) mass is 284 g/mol. The van der Waals surface area contributed by atoms with Crippen LogP contribution in [0.1, 0.15) is 66.7 Å². The molecule has 0 aromatic carbocycles. The largest absolute Gasteiger partial charge is 0.372 e. The fraction of sp³-hybridized carbons (Fsp3) is 1.00. The summed E-state index contributed by atoms with van der Waals surface area (Å²) in [6.07, 6.45) is 7.12. The second-order valence-electron chi connectivity index (χ2n) is 6.63. The van der Waals surface area contributed by atoms with Crippen molar-refractivity contribution in [2.75, 3.05) is 19.6 Å². The van der Waals surface area contributed by atoms with Crippen molar-refractivity contribution in [3.63, 3.8) is 0 Å². The zero-order valence-corrected chi connectivity index (χ0v) is 14.3. The first kappa shape index (κ1) is 17.9. The Morgan fingerprint density at radius 3 is 2.45 bits per heavy atom. The molecular formula is C17H36N2O. The van der Waals surface area contributed by atoms with Gasteiger partial charge in [-0.1, -0.05) is 34.1 Å². The van der Waals surface area contributed by atoms with Gasteiger partial charge < -0.3 is 10.1 Å². The van der Waals surface area contributed by atoms with Crippen LogP contribution in [0.25, 0.3) is 0 Å². The van der Waals surface area contributed by atoms with E-state index in [2.05, 4.69) is 44.8 Å². The molecule has 1 heterocycles. The molecule has 1 aliphatic rings. The molecule has 3 nitrogen and oxygen atoms in total. The van der Waals surface area contributed by atoms with Gasteiger partial charge in [-0.3, -0.25) is 4.90 Å². The summed E-state index contributed by atoms with van der Waals surface area (Å²) in [5.41, 5.74) is 0. The molecule has 0 aliphatic carbocycles. The number of ether oxygens (including phenoxy) is 1. The van der Waals surface area contributed by atoms with E-state index in [1.54, 1.807) is 0 Å². The third kappa shape index (κ3) is 6.55. The lowest BCUT2D eigenvalue weighted by atomic mass is 10.1. The van der Waals surface area contributed by atoms with Crippen LogP contribution in [0.2, 0.25) is 0 Å². The second-order valence-corrected chi connectivity index (χ2v) is 6.63. The first-order chi connectivity index (χ1) is 9.56. The molecule has 0 spiro atoms. The zero-order valence-electron chi connectivity index (χ0n) is 14.3. The van der Waals surface area contributed by atoms with Gasteiger partial charge in [0.05, 0.1) is 12.2 Å². The molecule has 3 atom stereocenters. The molecule has 3 heteroatoms. The number of nitrogens with zero attached hydrogens (tertiary/aromatic N) is 1. The van der Waals surface area contributed by atoms with Crippen molar-refractivity contribution in [3.8, 4) is 0 Å². The van der Waals surface area contributed by atoms with E-state index >= 15 is 0 Å². The maximum absolute atomic E-state index is 6.21. The molecule has 0 amide bonds. The Hall–Kier alpha value is -0.120. The molecule has 20 heavy (non-hydrogen) atoms. The van der Waals surface area contributed by atoms with Crippen LogP contribution in [0.15, 0.2) is 0 Å². The summed E-state index contributed by atoms with van der Waals surface area (Å²) in [5.74, 6) is 0. The first-order valence-electron chi connectivity index (χ1n) is 8.69. The highest BCUT2D eigenvalue weighted by Gasteiger charge is 2.27. The van der Waals surface area contributed by atoms with Crippen molar-refractivity contribution < 1.29 is 4.74 Å². The first-order valence-corrected chi connectivity index (χ1v) is 8.69. The highest BCUT2D eigenvalue weighted by molar-refractivity contribution is 4.80. The van der Waals surface area contributed by atoms with E-state index in [0.717, 1.165) is 13.1 Å². The fourth-order valence-corrected chi connectivity index (χ4v) is 2.80. The van der Waals surface area contributed by atoms with Crippen LogP contribution in [-0.2, 0) is 4.74 Å². The zero-order chi connectivity index (χ0) is 15.0. The highest BCUT2D eigenvalue weighted by Crippen LogP contribution is 2.21. The number of hydrogen-bond donors (Lipinski definition) is 1. The Morgan fingerprint density at radius 1 is 1.15 bits per heavy atom. The van der Waals surface area contributed by atoms with Gasteiger partial charge in [-0.15, -0.1) is 0 Å². The van der Waals surface area contributed by atoms with E-state index in [1.807, 2.05) is 0 Å². The lowest BCUT2D eigenvalue weighted by Gasteiger charge is -2.30. The summed E-state index contributed by atoms with van der Waals surface area (Å²) < 4.78 is 6.21. The number of rotatable bonds is 10. The number of nitrogens with one attached hydrogen (secondary N) is 1. The minimum atomic E-state index is 0.423. The average Bonchev–Trinajstić information content (AvgIpc) is 2.88. The van der Waals surface area contributed by atoms with Crippen molar-refractivity contribution in [1.29, 1.82) is 0 Å². The van der Waals surface area contributed by atoms with Crippen LogP contribution in [0, 0.1) is 0 Å². The SMILES string of the molecule is CCCCN(CC1CCC(CNC(C)C)O1)C(C)CC. The predicted octanol–water partition coefficient (Wildman–Crippen LogP) is 3.43. The number of hydrogen-bond acceptors (Lipinski definition) is 3. The molecule has 1 saturated heterocycles. The summed E-state index contributed by atoms with van der Waals surface area (Å²) in [4.78, 5) is 2.63. The van der Waals surface area contributed by atoms with E-state index in [9.17, 15) is 0 Å². The summed E-state index contributed by atoms with van der Waals surface area (Å²) >= 11 is 0.